The molecule has 3 rings (SSSR count). The zero-order chi connectivity index (χ0) is 15.5. The van der Waals surface area contributed by atoms with Gasteiger partial charge in [0.1, 0.15) is 0 Å². The fourth-order valence-electron chi connectivity index (χ4n) is 3.11. The summed E-state index contributed by atoms with van der Waals surface area (Å²) in [5.74, 6) is 0.408. The molecule has 0 spiro atoms. The zero-order valence-corrected chi connectivity index (χ0v) is 13.6. The van der Waals surface area contributed by atoms with Crippen molar-refractivity contribution in [3.05, 3.63) is 46.7 Å². The summed E-state index contributed by atoms with van der Waals surface area (Å²) in [7, 11) is 0. The van der Waals surface area contributed by atoms with Gasteiger partial charge < -0.3 is 10.4 Å². The smallest absolute Gasteiger partial charge is 0.0790 e. The van der Waals surface area contributed by atoms with E-state index < -0.39 is 0 Å². The Morgan fingerprint density at radius 3 is 2.91 bits per heavy atom. The summed E-state index contributed by atoms with van der Waals surface area (Å²) in [6.07, 6.45) is 6.54. The van der Waals surface area contributed by atoms with E-state index in [2.05, 4.69) is 35.5 Å². The van der Waals surface area contributed by atoms with Gasteiger partial charge in [-0.15, -0.1) is 0 Å². The van der Waals surface area contributed by atoms with E-state index in [4.69, 9.17) is 11.6 Å². The van der Waals surface area contributed by atoms with E-state index in [1.807, 2.05) is 0 Å². The van der Waals surface area contributed by atoms with Gasteiger partial charge in [0.25, 0.3) is 0 Å². The lowest BCUT2D eigenvalue weighted by Crippen LogP contribution is -2.27. The van der Waals surface area contributed by atoms with Gasteiger partial charge in [-0.05, 0) is 48.9 Å². The van der Waals surface area contributed by atoms with Gasteiger partial charge in [-0.1, -0.05) is 24.1 Å². The second-order valence-electron chi connectivity index (χ2n) is 6.10. The van der Waals surface area contributed by atoms with E-state index in [0.29, 0.717) is 10.9 Å². The van der Waals surface area contributed by atoms with E-state index in [9.17, 15) is 5.11 Å². The Hall–Kier alpha value is -1.36. The van der Waals surface area contributed by atoms with Crippen LogP contribution in [0.5, 0.6) is 0 Å². The molecular weight excluding hydrogens is 298 g/mol. The summed E-state index contributed by atoms with van der Waals surface area (Å²) >= 11 is 5.91. The molecule has 2 N–H and O–H groups in total. The first-order valence-corrected chi connectivity index (χ1v) is 8.20. The van der Waals surface area contributed by atoms with Gasteiger partial charge in [0.05, 0.1) is 23.0 Å². The molecule has 1 aliphatic carbocycles. The molecule has 118 valence electrons. The first kappa shape index (κ1) is 15.5. The van der Waals surface area contributed by atoms with E-state index in [1.165, 1.54) is 11.1 Å². The molecule has 1 aromatic carbocycles. The summed E-state index contributed by atoms with van der Waals surface area (Å²) in [5, 5.41) is 18.2. The number of aliphatic hydroxyl groups excluding tert-OH is 1. The van der Waals surface area contributed by atoms with Crippen molar-refractivity contribution in [2.75, 3.05) is 6.54 Å². The highest BCUT2D eigenvalue weighted by molar-refractivity contribution is 6.30. The second-order valence-corrected chi connectivity index (χ2v) is 6.54. The molecule has 0 bridgehead atoms. The van der Waals surface area contributed by atoms with Crippen LogP contribution in [0.3, 0.4) is 0 Å². The predicted octanol–water partition coefficient (Wildman–Crippen LogP) is 3.08. The third-order valence-corrected chi connectivity index (χ3v) is 4.68. The van der Waals surface area contributed by atoms with Crippen LogP contribution in [0.1, 0.15) is 30.4 Å². The van der Waals surface area contributed by atoms with Gasteiger partial charge in [0, 0.05) is 19.3 Å². The molecule has 2 unspecified atom stereocenters. The number of aryl methyl sites for hydroxylation is 1. The molecule has 0 aliphatic heterocycles. The van der Waals surface area contributed by atoms with Crippen LogP contribution >= 0.6 is 11.6 Å². The highest BCUT2D eigenvalue weighted by Gasteiger charge is 2.24. The minimum absolute atomic E-state index is 0.125. The third-order valence-electron chi connectivity index (χ3n) is 4.48. The van der Waals surface area contributed by atoms with Crippen molar-refractivity contribution in [3.63, 3.8) is 0 Å². The van der Waals surface area contributed by atoms with Crippen LogP contribution in [-0.4, -0.2) is 27.5 Å². The summed E-state index contributed by atoms with van der Waals surface area (Å²) in [4.78, 5) is 0. The summed E-state index contributed by atoms with van der Waals surface area (Å²) in [5.41, 5.74) is 3.51. The van der Waals surface area contributed by atoms with Crippen LogP contribution in [0.25, 0.3) is 5.69 Å². The second kappa shape index (κ2) is 6.82. The number of aliphatic hydroxyl groups is 1. The molecule has 1 heterocycles. The highest BCUT2D eigenvalue weighted by atomic mass is 35.5. The summed E-state index contributed by atoms with van der Waals surface area (Å²) in [6, 6.07) is 6.29. The molecule has 1 aromatic heterocycles. The van der Waals surface area contributed by atoms with Crippen molar-refractivity contribution in [3.8, 4) is 5.69 Å². The predicted molar refractivity (Wildman–Crippen MR) is 88.4 cm³/mol. The molecule has 1 fully saturated rings. The lowest BCUT2D eigenvalue weighted by molar-refractivity contribution is 0.131. The molecule has 1 aliphatic rings. The van der Waals surface area contributed by atoms with Gasteiger partial charge in [-0.25, -0.2) is 4.68 Å². The Labute approximate surface area is 136 Å². The molecule has 4 nitrogen and oxygen atoms in total. The fraction of sp³-hybridized carbons (Fsp3) is 0.471. The lowest BCUT2D eigenvalue weighted by Gasteiger charge is -2.16. The van der Waals surface area contributed by atoms with Crippen molar-refractivity contribution >= 4 is 11.6 Å². The molecule has 0 radical (unpaired) electrons. The van der Waals surface area contributed by atoms with Crippen LogP contribution < -0.4 is 5.32 Å². The Morgan fingerprint density at radius 1 is 1.41 bits per heavy atom. The largest absolute Gasteiger partial charge is 0.393 e. The zero-order valence-electron chi connectivity index (χ0n) is 12.8. The van der Waals surface area contributed by atoms with Gasteiger partial charge in [-0.2, -0.15) is 5.10 Å². The highest BCUT2D eigenvalue weighted by Crippen LogP contribution is 2.25. The lowest BCUT2D eigenvalue weighted by atomic mass is 10.1. The average molecular weight is 320 g/mol. The normalized spacial score (nSPS) is 21.4. The number of halogens is 1. The van der Waals surface area contributed by atoms with Gasteiger partial charge >= 0.3 is 0 Å². The van der Waals surface area contributed by atoms with Crippen LogP contribution in [0, 0.1) is 12.8 Å². The number of nitrogens with one attached hydrogen (secondary N) is 1. The number of hydrogen-bond acceptors (Lipinski definition) is 3. The Bertz CT molecular complexity index is 641. The monoisotopic (exact) mass is 319 g/mol. The van der Waals surface area contributed by atoms with Crippen molar-refractivity contribution < 1.29 is 5.11 Å². The summed E-state index contributed by atoms with van der Waals surface area (Å²) < 4.78 is 1.78. The SMILES string of the molecule is Cc1cc(-n2cc(Cl)cn2)ccc1CNCC1CCCC1O. The van der Waals surface area contributed by atoms with Crippen LogP contribution in [0.2, 0.25) is 5.02 Å². The molecule has 0 amide bonds. The van der Waals surface area contributed by atoms with E-state index in [0.717, 1.165) is 38.0 Å². The first-order valence-electron chi connectivity index (χ1n) is 7.82. The van der Waals surface area contributed by atoms with Gasteiger partial charge in [0.15, 0.2) is 0 Å². The van der Waals surface area contributed by atoms with Gasteiger partial charge in [-0.3, -0.25) is 0 Å². The van der Waals surface area contributed by atoms with Crippen LogP contribution in [0.15, 0.2) is 30.6 Å². The van der Waals surface area contributed by atoms with E-state index in [1.54, 1.807) is 17.1 Å². The Balaban J connectivity index is 1.60. The first-order chi connectivity index (χ1) is 10.6. The maximum atomic E-state index is 9.84. The Morgan fingerprint density at radius 2 is 2.27 bits per heavy atom. The quantitative estimate of drug-likeness (QED) is 0.890. The molecule has 22 heavy (non-hydrogen) atoms. The van der Waals surface area contributed by atoms with Crippen molar-refractivity contribution in [2.45, 2.75) is 38.8 Å². The molecule has 1 saturated carbocycles. The number of rotatable bonds is 5. The number of nitrogens with zero attached hydrogens (tertiary/aromatic N) is 2. The van der Waals surface area contributed by atoms with E-state index >= 15 is 0 Å². The van der Waals surface area contributed by atoms with Crippen molar-refractivity contribution in [2.24, 2.45) is 5.92 Å². The average Bonchev–Trinajstić information content (AvgIpc) is 3.10. The molecule has 2 atom stereocenters. The molecule has 5 heteroatoms. The maximum Gasteiger partial charge on any atom is 0.0790 e. The van der Waals surface area contributed by atoms with Crippen molar-refractivity contribution in [1.82, 2.24) is 15.1 Å². The standard InChI is InChI=1S/C17H22ClN3O/c1-12-7-16(21-11-15(18)10-20-21)6-5-13(12)8-19-9-14-3-2-4-17(14)22/h5-7,10-11,14,17,19,22H,2-4,8-9H2,1H3. The van der Waals surface area contributed by atoms with E-state index in [-0.39, 0.29) is 6.10 Å². The third kappa shape index (κ3) is 3.51. The number of aromatic nitrogens is 2. The van der Waals surface area contributed by atoms with Crippen LogP contribution in [0.4, 0.5) is 0 Å². The topological polar surface area (TPSA) is 50.1 Å². The minimum Gasteiger partial charge on any atom is -0.393 e. The summed E-state index contributed by atoms with van der Waals surface area (Å²) in [6.45, 7) is 3.82. The van der Waals surface area contributed by atoms with Crippen LogP contribution in [-0.2, 0) is 6.54 Å². The molecular formula is C17H22ClN3O. The molecule has 0 saturated heterocycles. The van der Waals surface area contributed by atoms with Crippen molar-refractivity contribution in [1.29, 1.82) is 0 Å². The fourth-order valence-corrected chi connectivity index (χ4v) is 3.25. The Kier molecular flexibility index (Phi) is 4.81. The van der Waals surface area contributed by atoms with Gasteiger partial charge in [0.2, 0.25) is 0 Å². The number of hydrogen-bond donors (Lipinski definition) is 2. The number of benzene rings is 1. The molecule has 2 aromatic rings. The minimum atomic E-state index is -0.125. The maximum absolute atomic E-state index is 9.84.